The molecule has 0 aliphatic carbocycles. The fourth-order valence-corrected chi connectivity index (χ4v) is 4.51. The summed E-state index contributed by atoms with van der Waals surface area (Å²) in [4.78, 5) is 28.4. The lowest BCUT2D eigenvalue weighted by atomic mass is 9.98. The molecule has 40 heavy (non-hydrogen) atoms. The molecule has 4 rings (SSSR count). The van der Waals surface area contributed by atoms with E-state index in [2.05, 4.69) is 0 Å². The number of nitrogens with zero attached hydrogens (tertiary/aromatic N) is 3. The van der Waals surface area contributed by atoms with Gasteiger partial charge >= 0.3 is 0 Å². The number of hydrogen-bond acceptors (Lipinski definition) is 7. The fraction of sp³-hybridized carbons (Fsp3) is 0.300. The van der Waals surface area contributed by atoms with Crippen LogP contribution in [0.25, 0.3) is 0 Å². The van der Waals surface area contributed by atoms with Gasteiger partial charge in [0.05, 0.1) is 39.7 Å². The summed E-state index contributed by atoms with van der Waals surface area (Å²) >= 11 is 0. The first-order valence-corrected chi connectivity index (χ1v) is 12.7. The van der Waals surface area contributed by atoms with Crippen molar-refractivity contribution >= 4 is 17.5 Å². The Morgan fingerprint density at radius 3 is 2.35 bits per heavy atom. The molecule has 1 aliphatic rings. The first-order chi connectivity index (χ1) is 19.4. The van der Waals surface area contributed by atoms with Gasteiger partial charge in [0.1, 0.15) is 18.1 Å². The van der Waals surface area contributed by atoms with Crippen LogP contribution in [0, 0.1) is 5.82 Å². The molecule has 3 aromatic rings. The molecule has 1 heterocycles. The van der Waals surface area contributed by atoms with Crippen LogP contribution in [0.3, 0.4) is 0 Å². The van der Waals surface area contributed by atoms with Crippen molar-refractivity contribution in [1.29, 1.82) is 0 Å². The van der Waals surface area contributed by atoms with Gasteiger partial charge in [-0.1, -0.05) is 12.1 Å². The summed E-state index contributed by atoms with van der Waals surface area (Å²) in [5.41, 5.74) is 2.48. The van der Waals surface area contributed by atoms with Gasteiger partial charge in [0.2, 0.25) is 0 Å². The van der Waals surface area contributed by atoms with Crippen molar-refractivity contribution in [3.8, 4) is 17.2 Å². The van der Waals surface area contributed by atoms with Crippen molar-refractivity contribution in [2.24, 2.45) is 5.10 Å². The molecule has 0 bridgehead atoms. The number of carbonyl (C=O) groups excluding carboxylic acids is 2. The molecule has 1 aliphatic heterocycles. The molecule has 0 fully saturated rings. The van der Waals surface area contributed by atoms with Crippen LogP contribution in [-0.2, 0) is 9.53 Å². The van der Waals surface area contributed by atoms with Crippen LogP contribution in [0.15, 0.2) is 71.8 Å². The van der Waals surface area contributed by atoms with E-state index in [1.165, 1.54) is 35.2 Å². The maximum Gasteiger partial charge on any atom is 0.262 e. The van der Waals surface area contributed by atoms with Gasteiger partial charge in [-0.2, -0.15) is 5.10 Å². The van der Waals surface area contributed by atoms with Crippen LogP contribution in [0.2, 0.25) is 0 Å². The zero-order valence-electron chi connectivity index (χ0n) is 22.9. The Morgan fingerprint density at radius 2 is 1.70 bits per heavy atom. The molecule has 0 N–H and O–H groups in total. The van der Waals surface area contributed by atoms with Crippen LogP contribution in [0.1, 0.15) is 33.9 Å². The molecule has 0 aromatic heterocycles. The topological polar surface area (TPSA) is 89.9 Å². The Hall–Kier alpha value is -4.44. The molecule has 0 spiro atoms. The Bertz CT molecular complexity index is 1380. The van der Waals surface area contributed by atoms with Gasteiger partial charge in [-0.25, -0.2) is 9.40 Å². The van der Waals surface area contributed by atoms with E-state index in [1.54, 1.807) is 27.4 Å². The van der Waals surface area contributed by atoms with Gasteiger partial charge < -0.3 is 23.8 Å². The van der Waals surface area contributed by atoms with Crippen LogP contribution in [0.4, 0.5) is 4.39 Å². The van der Waals surface area contributed by atoms with Crippen LogP contribution in [-0.4, -0.2) is 75.6 Å². The molecule has 0 unspecified atom stereocenters. The van der Waals surface area contributed by atoms with E-state index in [-0.39, 0.29) is 25.3 Å². The van der Waals surface area contributed by atoms with Crippen LogP contribution >= 0.6 is 0 Å². The molecule has 10 heteroatoms. The molecule has 2 amide bonds. The molecule has 0 radical (unpaired) electrons. The number of hydrogen-bond donors (Lipinski definition) is 0. The lowest BCUT2D eigenvalue weighted by Crippen LogP contribution is -2.42. The minimum Gasteiger partial charge on any atom is -0.497 e. The summed E-state index contributed by atoms with van der Waals surface area (Å²) in [6, 6.07) is 17.8. The summed E-state index contributed by atoms with van der Waals surface area (Å²) in [5.74, 6) is 0.371. The summed E-state index contributed by atoms with van der Waals surface area (Å²) in [7, 11) is 6.20. The normalized spacial score (nSPS) is 14.5. The summed E-state index contributed by atoms with van der Waals surface area (Å²) in [5, 5.41) is 6.11. The van der Waals surface area contributed by atoms with Gasteiger partial charge in [-0.05, 0) is 65.7 Å². The van der Waals surface area contributed by atoms with Crippen molar-refractivity contribution in [3.63, 3.8) is 0 Å². The number of rotatable bonds is 11. The van der Waals surface area contributed by atoms with Gasteiger partial charge in [-0.15, -0.1) is 0 Å². The molecule has 1 atom stereocenters. The maximum atomic E-state index is 13.8. The van der Waals surface area contributed by atoms with Gasteiger partial charge in [0.25, 0.3) is 11.8 Å². The molecular formula is C30H32FN3O6. The van der Waals surface area contributed by atoms with E-state index in [4.69, 9.17) is 24.0 Å². The van der Waals surface area contributed by atoms with E-state index < -0.39 is 23.7 Å². The van der Waals surface area contributed by atoms with Crippen LogP contribution < -0.4 is 14.2 Å². The second kappa shape index (κ2) is 13.1. The van der Waals surface area contributed by atoms with E-state index in [0.717, 1.165) is 17.2 Å². The van der Waals surface area contributed by atoms with Gasteiger partial charge in [0, 0.05) is 25.6 Å². The highest BCUT2D eigenvalue weighted by Crippen LogP contribution is 2.37. The number of methoxy groups -OCH3 is 4. The number of ether oxygens (including phenoxy) is 4. The average Bonchev–Trinajstić information content (AvgIpc) is 3.44. The predicted molar refractivity (Wildman–Crippen MR) is 147 cm³/mol. The van der Waals surface area contributed by atoms with Crippen molar-refractivity contribution in [1.82, 2.24) is 9.91 Å². The molecule has 3 aromatic carbocycles. The monoisotopic (exact) mass is 549 g/mol. The highest BCUT2D eigenvalue weighted by Gasteiger charge is 2.35. The minimum absolute atomic E-state index is 0.140. The second-order valence-electron chi connectivity index (χ2n) is 9.08. The predicted octanol–water partition coefficient (Wildman–Crippen LogP) is 4.32. The lowest BCUT2D eigenvalue weighted by Gasteiger charge is -2.27. The Balaban J connectivity index is 1.67. The fourth-order valence-electron chi connectivity index (χ4n) is 4.51. The van der Waals surface area contributed by atoms with Crippen molar-refractivity contribution < 1.29 is 32.9 Å². The Morgan fingerprint density at radius 1 is 0.950 bits per heavy atom. The van der Waals surface area contributed by atoms with Crippen LogP contribution in [0.5, 0.6) is 17.2 Å². The molecule has 9 nitrogen and oxygen atoms in total. The van der Waals surface area contributed by atoms with E-state index >= 15 is 0 Å². The first-order valence-electron chi connectivity index (χ1n) is 12.7. The quantitative estimate of drug-likeness (QED) is 0.354. The Kier molecular flexibility index (Phi) is 9.34. The third-order valence-corrected chi connectivity index (χ3v) is 6.63. The lowest BCUT2D eigenvalue weighted by molar-refractivity contribution is -0.133. The molecular weight excluding hydrogens is 517 g/mol. The third-order valence-electron chi connectivity index (χ3n) is 6.63. The highest BCUT2D eigenvalue weighted by molar-refractivity contribution is 6.04. The van der Waals surface area contributed by atoms with Crippen molar-refractivity contribution in [3.05, 3.63) is 89.2 Å². The number of halogens is 1. The maximum absolute atomic E-state index is 13.8. The number of amides is 2. The Labute approximate surface area is 232 Å². The second-order valence-corrected chi connectivity index (χ2v) is 9.08. The zero-order valence-corrected chi connectivity index (χ0v) is 22.9. The van der Waals surface area contributed by atoms with E-state index in [0.29, 0.717) is 29.4 Å². The number of benzene rings is 3. The molecule has 210 valence electrons. The first kappa shape index (κ1) is 28.6. The van der Waals surface area contributed by atoms with E-state index in [1.807, 2.05) is 36.4 Å². The van der Waals surface area contributed by atoms with Crippen molar-refractivity contribution in [2.45, 2.75) is 12.5 Å². The number of carbonyl (C=O) groups is 2. The smallest absolute Gasteiger partial charge is 0.262 e. The van der Waals surface area contributed by atoms with E-state index in [9.17, 15) is 14.0 Å². The SMILES string of the molecule is COCCN(CC(=O)N1N=C(c2ccc(OC)cc2)C[C@H]1c1ccc(OC)c(OC)c1)C(=O)c1cccc(F)c1. The summed E-state index contributed by atoms with van der Waals surface area (Å²) in [6.45, 7) is 0.0667. The number of hydrazone groups is 1. The van der Waals surface area contributed by atoms with Crippen molar-refractivity contribution in [2.75, 3.05) is 48.1 Å². The summed E-state index contributed by atoms with van der Waals surface area (Å²) < 4.78 is 35.1. The average molecular weight is 550 g/mol. The largest absolute Gasteiger partial charge is 0.497 e. The third kappa shape index (κ3) is 6.40. The highest BCUT2D eigenvalue weighted by atomic mass is 19.1. The molecule has 0 saturated carbocycles. The molecule has 0 saturated heterocycles. The zero-order chi connectivity index (χ0) is 28.6. The van der Waals surface area contributed by atoms with Gasteiger partial charge in [0.15, 0.2) is 11.5 Å². The standard InChI is InChI=1S/C30H32FN3O6/c1-37-15-14-33(30(36)22-6-5-7-23(31)16-22)19-29(35)34-26(21-10-13-27(39-3)28(17-21)40-4)18-25(32-34)20-8-11-24(38-2)12-9-20/h5-13,16-17,26H,14-15,18-19H2,1-4H3/t26-/m0/s1. The van der Waals surface area contributed by atoms with Gasteiger partial charge in [-0.3, -0.25) is 9.59 Å². The summed E-state index contributed by atoms with van der Waals surface area (Å²) in [6.07, 6.45) is 0.434. The minimum atomic E-state index is -0.536.